The molecule has 2 aromatic rings. The normalized spacial score (nSPS) is 10.0. The first kappa shape index (κ1) is 13.6. The number of rotatable bonds is 4. The molecule has 2 heterocycles. The highest BCUT2D eigenvalue weighted by molar-refractivity contribution is 7.17. The molecular weight excluding hydrogens is 286 g/mol. The average molecular weight is 293 g/mol. The number of carbonyl (C=O) groups excluding carboxylic acids is 1. The lowest BCUT2D eigenvalue weighted by molar-refractivity contribution is -0.380. The predicted molar refractivity (Wildman–Crippen MR) is 70.1 cm³/mol. The van der Waals surface area contributed by atoms with Crippen molar-refractivity contribution in [3.8, 4) is 0 Å². The molecular formula is C11H7N3O5S. The van der Waals surface area contributed by atoms with Gasteiger partial charge in [0.05, 0.1) is 27.2 Å². The Labute approximate surface area is 115 Å². The molecule has 0 bridgehead atoms. The van der Waals surface area contributed by atoms with Gasteiger partial charge in [0, 0.05) is 12.3 Å². The second-order valence-corrected chi connectivity index (χ2v) is 4.68. The van der Waals surface area contributed by atoms with Gasteiger partial charge >= 0.3 is 11.0 Å². The van der Waals surface area contributed by atoms with Gasteiger partial charge in [-0.1, -0.05) is 11.3 Å². The maximum absolute atomic E-state index is 11.8. The third-order valence-electron chi connectivity index (χ3n) is 2.24. The second kappa shape index (κ2) is 5.45. The Bertz CT molecular complexity index is 697. The van der Waals surface area contributed by atoms with E-state index in [2.05, 4.69) is 10.3 Å². The Balaban J connectivity index is 2.16. The van der Waals surface area contributed by atoms with Crippen molar-refractivity contribution in [1.82, 2.24) is 4.98 Å². The number of hydrogen-bond donors (Lipinski definition) is 2. The van der Waals surface area contributed by atoms with Gasteiger partial charge in [-0.3, -0.25) is 19.9 Å². The summed E-state index contributed by atoms with van der Waals surface area (Å²) in [6.45, 7) is 0. The number of anilines is 1. The maximum atomic E-state index is 11.8. The zero-order chi connectivity index (χ0) is 14.7. The van der Waals surface area contributed by atoms with Crippen molar-refractivity contribution < 1.29 is 19.6 Å². The molecule has 0 aromatic carbocycles. The van der Waals surface area contributed by atoms with E-state index in [9.17, 15) is 19.7 Å². The topological polar surface area (TPSA) is 122 Å². The van der Waals surface area contributed by atoms with Gasteiger partial charge in [0.25, 0.3) is 5.91 Å². The van der Waals surface area contributed by atoms with Gasteiger partial charge in [0.15, 0.2) is 0 Å². The summed E-state index contributed by atoms with van der Waals surface area (Å²) in [7, 11) is 0. The fourth-order valence-electron chi connectivity index (χ4n) is 1.37. The second-order valence-electron chi connectivity index (χ2n) is 3.62. The number of carbonyl (C=O) groups is 2. The van der Waals surface area contributed by atoms with Crippen LogP contribution in [0.3, 0.4) is 0 Å². The minimum absolute atomic E-state index is 0.0695. The van der Waals surface area contributed by atoms with Crippen LogP contribution in [-0.4, -0.2) is 26.9 Å². The molecule has 0 fully saturated rings. The molecule has 0 radical (unpaired) electrons. The van der Waals surface area contributed by atoms with Crippen LogP contribution in [0.5, 0.6) is 0 Å². The molecule has 2 aromatic heterocycles. The van der Waals surface area contributed by atoms with Gasteiger partial charge < -0.3 is 10.4 Å². The fraction of sp³-hybridized carbons (Fsp3) is 0. The van der Waals surface area contributed by atoms with Crippen LogP contribution in [0.4, 0.5) is 10.7 Å². The first-order valence-corrected chi connectivity index (χ1v) is 6.03. The van der Waals surface area contributed by atoms with Crippen molar-refractivity contribution in [2.75, 3.05) is 5.32 Å². The van der Waals surface area contributed by atoms with Crippen LogP contribution in [0, 0.1) is 10.1 Å². The number of pyridine rings is 1. The van der Waals surface area contributed by atoms with Crippen molar-refractivity contribution in [3.63, 3.8) is 0 Å². The molecule has 20 heavy (non-hydrogen) atoms. The van der Waals surface area contributed by atoms with E-state index in [0.29, 0.717) is 0 Å². The largest absolute Gasteiger partial charge is 0.478 e. The Kier molecular flexibility index (Phi) is 3.71. The van der Waals surface area contributed by atoms with Crippen LogP contribution in [0.25, 0.3) is 0 Å². The molecule has 2 rings (SSSR count). The minimum Gasteiger partial charge on any atom is -0.478 e. The molecule has 2 N–H and O–H groups in total. The Morgan fingerprint density at radius 3 is 2.70 bits per heavy atom. The van der Waals surface area contributed by atoms with Crippen molar-refractivity contribution >= 4 is 33.9 Å². The van der Waals surface area contributed by atoms with E-state index < -0.39 is 16.8 Å². The Morgan fingerprint density at radius 2 is 2.10 bits per heavy atom. The standard InChI is InChI=1S/C11H7N3O5S/c15-10(8-1-2-9(20-8)14(18)19)13-7-3-6(11(16)17)4-12-5-7/h1-5H,(H,13,15)(H,16,17). The van der Waals surface area contributed by atoms with E-state index >= 15 is 0 Å². The SMILES string of the molecule is O=C(O)c1cncc(NC(=O)c2ccc([N+](=O)[O-])s2)c1. The third-order valence-corrected chi connectivity index (χ3v) is 3.27. The van der Waals surface area contributed by atoms with Gasteiger partial charge in [-0.05, 0) is 12.1 Å². The summed E-state index contributed by atoms with van der Waals surface area (Å²) in [6, 6.07) is 3.80. The molecule has 0 atom stereocenters. The quantitative estimate of drug-likeness (QED) is 0.656. The fourth-order valence-corrected chi connectivity index (χ4v) is 2.08. The van der Waals surface area contributed by atoms with E-state index in [-0.39, 0.29) is 21.1 Å². The number of amides is 1. The first-order valence-electron chi connectivity index (χ1n) is 5.21. The number of carboxylic acids is 1. The van der Waals surface area contributed by atoms with Crippen LogP contribution < -0.4 is 5.32 Å². The zero-order valence-electron chi connectivity index (χ0n) is 9.77. The average Bonchev–Trinajstić information content (AvgIpc) is 2.88. The van der Waals surface area contributed by atoms with Crippen LogP contribution in [0.1, 0.15) is 20.0 Å². The van der Waals surface area contributed by atoms with Gasteiger partial charge in [-0.2, -0.15) is 0 Å². The molecule has 8 nitrogen and oxygen atoms in total. The van der Waals surface area contributed by atoms with Crippen LogP contribution >= 0.6 is 11.3 Å². The molecule has 0 saturated carbocycles. The van der Waals surface area contributed by atoms with Crippen molar-refractivity contribution in [2.24, 2.45) is 0 Å². The summed E-state index contributed by atoms with van der Waals surface area (Å²) in [5.41, 5.74) is 0.130. The molecule has 0 aliphatic heterocycles. The Morgan fingerprint density at radius 1 is 1.35 bits per heavy atom. The molecule has 0 spiro atoms. The van der Waals surface area contributed by atoms with Crippen LogP contribution in [0.2, 0.25) is 0 Å². The zero-order valence-corrected chi connectivity index (χ0v) is 10.6. The summed E-state index contributed by atoms with van der Waals surface area (Å²) in [5, 5.41) is 21.6. The molecule has 102 valence electrons. The lowest BCUT2D eigenvalue weighted by Gasteiger charge is -2.03. The maximum Gasteiger partial charge on any atom is 0.337 e. The summed E-state index contributed by atoms with van der Waals surface area (Å²) >= 11 is 0.731. The van der Waals surface area contributed by atoms with Crippen LogP contribution in [0.15, 0.2) is 30.6 Å². The monoisotopic (exact) mass is 293 g/mol. The number of aromatic carboxylic acids is 1. The number of thiophene rings is 1. The lowest BCUT2D eigenvalue weighted by atomic mass is 10.2. The first-order chi connectivity index (χ1) is 9.47. The van der Waals surface area contributed by atoms with Gasteiger partial charge in [-0.25, -0.2) is 4.79 Å². The molecule has 9 heteroatoms. The predicted octanol–water partition coefficient (Wildman–Crippen LogP) is 2.00. The third kappa shape index (κ3) is 2.95. The van der Waals surface area contributed by atoms with Crippen molar-refractivity contribution in [1.29, 1.82) is 0 Å². The molecule has 0 aliphatic carbocycles. The highest BCUT2D eigenvalue weighted by Crippen LogP contribution is 2.24. The van der Waals surface area contributed by atoms with Gasteiger partial charge in [0.1, 0.15) is 0 Å². The molecule has 0 aliphatic rings. The van der Waals surface area contributed by atoms with E-state index in [4.69, 9.17) is 5.11 Å². The van der Waals surface area contributed by atoms with E-state index in [1.165, 1.54) is 24.4 Å². The smallest absolute Gasteiger partial charge is 0.337 e. The summed E-state index contributed by atoms with van der Waals surface area (Å²) in [6.07, 6.45) is 2.43. The van der Waals surface area contributed by atoms with E-state index in [0.717, 1.165) is 17.5 Å². The summed E-state index contributed by atoms with van der Waals surface area (Å²) in [5.74, 6) is -1.73. The number of nitro groups is 1. The Hall–Kier alpha value is -2.81. The van der Waals surface area contributed by atoms with E-state index in [1.807, 2.05) is 0 Å². The number of nitrogens with zero attached hydrogens (tertiary/aromatic N) is 2. The minimum atomic E-state index is -1.17. The summed E-state index contributed by atoms with van der Waals surface area (Å²) in [4.78, 5) is 36.4. The highest BCUT2D eigenvalue weighted by Gasteiger charge is 2.15. The highest BCUT2D eigenvalue weighted by atomic mass is 32.1. The van der Waals surface area contributed by atoms with Crippen molar-refractivity contribution in [2.45, 2.75) is 0 Å². The van der Waals surface area contributed by atoms with Gasteiger partial charge in [-0.15, -0.1) is 0 Å². The van der Waals surface area contributed by atoms with E-state index in [1.54, 1.807) is 0 Å². The van der Waals surface area contributed by atoms with Gasteiger partial charge in [0.2, 0.25) is 0 Å². The number of carboxylic acid groups (broad SMARTS) is 1. The van der Waals surface area contributed by atoms with Crippen molar-refractivity contribution in [3.05, 3.63) is 51.1 Å². The number of hydrogen-bond acceptors (Lipinski definition) is 6. The van der Waals surface area contributed by atoms with Crippen LogP contribution in [-0.2, 0) is 0 Å². The molecule has 0 unspecified atom stereocenters. The number of nitrogens with one attached hydrogen (secondary N) is 1. The number of aromatic nitrogens is 1. The molecule has 0 saturated heterocycles. The molecule has 1 amide bonds. The lowest BCUT2D eigenvalue weighted by Crippen LogP contribution is -2.11. The summed E-state index contributed by atoms with van der Waals surface area (Å²) < 4.78 is 0.